The lowest BCUT2D eigenvalue weighted by Crippen LogP contribution is -2.34. The minimum absolute atomic E-state index is 0.772. The number of thiocarbonyl (C=S) groups is 1. The molecule has 0 unspecified atom stereocenters. The van der Waals surface area contributed by atoms with Gasteiger partial charge in [-0.2, -0.15) is 0 Å². The Morgan fingerprint density at radius 1 is 1.29 bits per heavy atom. The standard InChI is InChI=1S/C11H22N2S/c1-9-3-5-10(6-4-9)7-8-13-11(14)12-2/h9-10H,3-8H2,1-2H3,(H2,12,13,14). The molecule has 0 radical (unpaired) electrons. The largest absolute Gasteiger partial charge is 0.366 e. The van der Waals surface area contributed by atoms with Crippen molar-refractivity contribution in [1.29, 1.82) is 0 Å². The van der Waals surface area contributed by atoms with Crippen molar-refractivity contribution in [2.75, 3.05) is 13.6 Å². The van der Waals surface area contributed by atoms with Crippen molar-refractivity contribution in [1.82, 2.24) is 10.6 Å². The SMILES string of the molecule is CNC(=S)NCCC1CCC(C)CC1. The summed E-state index contributed by atoms with van der Waals surface area (Å²) in [5.74, 6) is 1.89. The third-order valence-corrected chi connectivity index (χ3v) is 3.55. The van der Waals surface area contributed by atoms with Crippen molar-refractivity contribution in [2.24, 2.45) is 11.8 Å². The Morgan fingerprint density at radius 2 is 1.93 bits per heavy atom. The van der Waals surface area contributed by atoms with Gasteiger partial charge in [0.05, 0.1) is 0 Å². The lowest BCUT2D eigenvalue weighted by Gasteiger charge is -2.26. The Morgan fingerprint density at radius 3 is 2.50 bits per heavy atom. The van der Waals surface area contributed by atoms with E-state index in [1.807, 2.05) is 7.05 Å². The zero-order chi connectivity index (χ0) is 10.4. The second kappa shape index (κ2) is 6.23. The van der Waals surface area contributed by atoms with Crippen LogP contribution in [-0.2, 0) is 0 Å². The van der Waals surface area contributed by atoms with Crippen LogP contribution in [0.5, 0.6) is 0 Å². The van der Waals surface area contributed by atoms with Gasteiger partial charge >= 0.3 is 0 Å². The van der Waals surface area contributed by atoms with Crippen molar-refractivity contribution in [3.63, 3.8) is 0 Å². The van der Waals surface area contributed by atoms with E-state index >= 15 is 0 Å². The van der Waals surface area contributed by atoms with E-state index in [9.17, 15) is 0 Å². The lowest BCUT2D eigenvalue weighted by atomic mass is 9.81. The van der Waals surface area contributed by atoms with Crippen molar-refractivity contribution in [3.05, 3.63) is 0 Å². The first-order valence-electron chi connectivity index (χ1n) is 5.68. The summed E-state index contributed by atoms with van der Waals surface area (Å²) in [4.78, 5) is 0. The van der Waals surface area contributed by atoms with E-state index in [0.717, 1.165) is 23.5 Å². The normalized spacial score (nSPS) is 27.0. The summed E-state index contributed by atoms with van der Waals surface area (Å²) in [6.45, 7) is 3.39. The molecule has 0 spiro atoms. The molecule has 14 heavy (non-hydrogen) atoms. The van der Waals surface area contributed by atoms with Crippen LogP contribution in [-0.4, -0.2) is 18.7 Å². The summed E-state index contributed by atoms with van der Waals surface area (Å²) in [6.07, 6.45) is 6.93. The highest BCUT2D eigenvalue weighted by atomic mass is 32.1. The fourth-order valence-corrected chi connectivity index (χ4v) is 2.20. The maximum absolute atomic E-state index is 5.02. The molecule has 2 nitrogen and oxygen atoms in total. The average Bonchev–Trinajstić information content (AvgIpc) is 2.21. The highest BCUT2D eigenvalue weighted by Gasteiger charge is 2.17. The summed E-state index contributed by atoms with van der Waals surface area (Å²) in [5, 5.41) is 6.91. The van der Waals surface area contributed by atoms with Gasteiger partial charge in [-0.15, -0.1) is 0 Å². The van der Waals surface area contributed by atoms with E-state index in [-0.39, 0.29) is 0 Å². The van der Waals surface area contributed by atoms with E-state index in [1.54, 1.807) is 0 Å². The van der Waals surface area contributed by atoms with E-state index in [0.29, 0.717) is 0 Å². The summed E-state index contributed by atoms with van der Waals surface area (Å²) < 4.78 is 0. The van der Waals surface area contributed by atoms with Crippen LogP contribution < -0.4 is 10.6 Å². The Hall–Kier alpha value is -0.310. The van der Waals surface area contributed by atoms with Crippen LogP contribution in [0.3, 0.4) is 0 Å². The third-order valence-electron chi connectivity index (χ3n) is 3.20. The second-order valence-corrected chi connectivity index (χ2v) is 4.83. The highest BCUT2D eigenvalue weighted by molar-refractivity contribution is 7.80. The maximum Gasteiger partial charge on any atom is 0.166 e. The summed E-state index contributed by atoms with van der Waals surface area (Å²) in [6, 6.07) is 0. The first-order chi connectivity index (χ1) is 6.72. The first kappa shape index (κ1) is 11.8. The van der Waals surface area contributed by atoms with E-state index < -0.39 is 0 Å². The monoisotopic (exact) mass is 214 g/mol. The quantitative estimate of drug-likeness (QED) is 0.705. The van der Waals surface area contributed by atoms with Gasteiger partial charge in [0.1, 0.15) is 0 Å². The molecule has 1 aliphatic rings. The predicted molar refractivity (Wildman–Crippen MR) is 65.4 cm³/mol. The molecule has 1 aliphatic carbocycles. The molecule has 1 rings (SSSR count). The number of hydrogen-bond acceptors (Lipinski definition) is 1. The molecule has 1 saturated carbocycles. The smallest absolute Gasteiger partial charge is 0.166 e. The van der Waals surface area contributed by atoms with Crippen LogP contribution in [0.1, 0.15) is 39.0 Å². The van der Waals surface area contributed by atoms with Gasteiger partial charge < -0.3 is 10.6 Å². The number of hydrogen-bond donors (Lipinski definition) is 2. The molecular weight excluding hydrogens is 192 g/mol. The van der Waals surface area contributed by atoms with E-state index in [4.69, 9.17) is 12.2 Å². The van der Waals surface area contributed by atoms with E-state index in [1.165, 1.54) is 32.1 Å². The zero-order valence-electron chi connectivity index (χ0n) is 9.31. The van der Waals surface area contributed by atoms with Gasteiger partial charge in [0, 0.05) is 13.6 Å². The lowest BCUT2D eigenvalue weighted by molar-refractivity contribution is 0.278. The predicted octanol–water partition coefficient (Wildman–Crippen LogP) is 2.30. The maximum atomic E-state index is 5.02. The molecule has 0 amide bonds. The van der Waals surface area contributed by atoms with Crippen LogP contribution >= 0.6 is 12.2 Å². The van der Waals surface area contributed by atoms with Gasteiger partial charge in [-0.25, -0.2) is 0 Å². The summed E-state index contributed by atoms with van der Waals surface area (Å²) in [5.41, 5.74) is 0. The van der Waals surface area contributed by atoms with Gasteiger partial charge in [0.15, 0.2) is 5.11 Å². The van der Waals surface area contributed by atoms with Gasteiger partial charge in [-0.3, -0.25) is 0 Å². The van der Waals surface area contributed by atoms with Crippen molar-refractivity contribution in [3.8, 4) is 0 Å². The van der Waals surface area contributed by atoms with Gasteiger partial charge in [0.25, 0.3) is 0 Å². The molecule has 0 aliphatic heterocycles. The number of nitrogens with one attached hydrogen (secondary N) is 2. The molecule has 0 aromatic rings. The fourth-order valence-electron chi connectivity index (χ4n) is 2.10. The molecule has 0 saturated heterocycles. The van der Waals surface area contributed by atoms with Gasteiger partial charge in [0.2, 0.25) is 0 Å². The molecule has 0 atom stereocenters. The Bertz CT molecular complexity index is 174. The van der Waals surface area contributed by atoms with Crippen molar-refractivity contribution < 1.29 is 0 Å². The topological polar surface area (TPSA) is 24.1 Å². The minimum atomic E-state index is 0.772. The van der Waals surface area contributed by atoms with E-state index in [2.05, 4.69) is 17.6 Å². The minimum Gasteiger partial charge on any atom is -0.366 e. The third kappa shape index (κ3) is 4.27. The van der Waals surface area contributed by atoms with Crippen LogP contribution in [0.15, 0.2) is 0 Å². The zero-order valence-corrected chi connectivity index (χ0v) is 10.1. The van der Waals surface area contributed by atoms with Crippen LogP contribution in [0.4, 0.5) is 0 Å². The Balaban J connectivity index is 2.04. The molecule has 1 fully saturated rings. The van der Waals surface area contributed by atoms with Crippen LogP contribution in [0.2, 0.25) is 0 Å². The molecule has 0 aromatic carbocycles. The molecule has 0 heterocycles. The van der Waals surface area contributed by atoms with Crippen LogP contribution in [0.25, 0.3) is 0 Å². The summed E-state index contributed by atoms with van der Waals surface area (Å²) in [7, 11) is 1.86. The second-order valence-electron chi connectivity index (χ2n) is 4.42. The Labute approximate surface area is 92.8 Å². The first-order valence-corrected chi connectivity index (χ1v) is 6.08. The molecule has 3 heteroatoms. The average molecular weight is 214 g/mol. The molecule has 0 bridgehead atoms. The van der Waals surface area contributed by atoms with Gasteiger partial charge in [-0.1, -0.05) is 32.6 Å². The number of rotatable bonds is 3. The van der Waals surface area contributed by atoms with Crippen molar-refractivity contribution >= 4 is 17.3 Å². The molecule has 0 aromatic heterocycles. The highest BCUT2D eigenvalue weighted by Crippen LogP contribution is 2.29. The summed E-state index contributed by atoms with van der Waals surface area (Å²) >= 11 is 5.02. The Kier molecular flexibility index (Phi) is 5.23. The molecule has 82 valence electrons. The van der Waals surface area contributed by atoms with Gasteiger partial charge in [-0.05, 0) is 30.5 Å². The molecule has 2 N–H and O–H groups in total. The van der Waals surface area contributed by atoms with Crippen LogP contribution in [0, 0.1) is 11.8 Å². The molecular formula is C11H22N2S. The van der Waals surface area contributed by atoms with Crippen molar-refractivity contribution in [2.45, 2.75) is 39.0 Å². The fraction of sp³-hybridized carbons (Fsp3) is 0.909.